The molecule has 2 aromatic carbocycles. The van der Waals surface area contributed by atoms with Crippen LogP contribution >= 0.6 is 0 Å². The zero-order valence-electron chi connectivity index (χ0n) is 16.3. The molecular formula is C22H26FN3O2. The summed E-state index contributed by atoms with van der Waals surface area (Å²) in [5, 5.41) is 6.04. The average molecular weight is 383 g/mol. The van der Waals surface area contributed by atoms with Gasteiger partial charge < -0.3 is 15.5 Å². The molecule has 1 aliphatic rings. The van der Waals surface area contributed by atoms with Crippen molar-refractivity contribution in [1.29, 1.82) is 0 Å². The monoisotopic (exact) mass is 383 g/mol. The highest BCUT2D eigenvalue weighted by atomic mass is 19.1. The number of anilines is 1. The molecule has 2 aromatic rings. The molecule has 1 atom stereocenters. The molecule has 2 amide bonds. The average Bonchev–Trinajstić information content (AvgIpc) is 3.22. The Kier molecular flexibility index (Phi) is 6.41. The SMILES string of the molecule is CCCN(C(=O)c1ccc(C)c(NC(=O)c2ccccc2F)c1)C1CCNC1. The summed E-state index contributed by atoms with van der Waals surface area (Å²) in [6.45, 7) is 6.30. The van der Waals surface area contributed by atoms with E-state index in [4.69, 9.17) is 0 Å². The van der Waals surface area contributed by atoms with Gasteiger partial charge in [-0.3, -0.25) is 9.59 Å². The topological polar surface area (TPSA) is 61.4 Å². The minimum Gasteiger partial charge on any atom is -0.334 e. The number of halogens is 1. The van der Waals surface area contributed by atoms with Crippen LogP contribution in [-0.2, 0) is 0 Å². The fourth-order valence-electron chi connectivity index (χ4n) is 3.49. The third-order valence-corrected chi connectivity index (χ3v) is 5.05. The van der Waals surface area contributed by atoms with Gasteiger partial charge in [-0.2, -0.15) is 0 Å². The maximum absolute atomic E-state index is 13.9. The van der Waals surface area contributed by atoms with Gasteiger partial charge in [0, 0.05) is 30.4 Å². The normalized spacial score (nSPS) is 16.0. The maximum Gasteiger partial charge on any atom is 0.258 e. The van der Waals surface area contributed by atoms with E-state index < -0.39 is 11.7 Å². The van der Waals surface area contributed by atoms with Gasteiger partial charge in [0.05, 0.1) is 5.56 Å². The maximum atomic E-state index is 13.9. The molecule has 0 saturated carbocycles. The fourth-order valence-corrected chi connectivity index (χ4v) is 3.49. The minimum absolute atomic E-state index is 0.0248. The molecule has 1 saturated heterocycles. The highest BCUT2D eigenvalue weighted by Gasteiger charge is 2.27. The standard InChI is InChI=1S/C22H26FN3O2/c1-3-12-26(17-10-11-24-14-17)22(28)16-9-8-15(2)20(13-16)25-21(27)18-6-4-5-7-19(18)23/h4-9,13,17,24H,3,10-12,14H2,1-2H3,(H,25,27). The quantitative estimate of drug-likeness (QED) is 0.801. The summed E-state index contributed by atoms with van der Waals surface area (Å²) in [7, 11) is 0. The summed E-state index contributed by atoms with van der Waals surface area (Å²) >= 11 is 0. The predicted molar refractivity (Wildman–Crippen MR) is 108 cm³/mol. The van der Waals surface area contributed by atoms with Crippen LogP contribution in [0.4, 0.5) is 10.1 Å². The summed E-state index contributed by atoms with van der Waals surface area (Å²) in [5.41, 5.74) is 1.82. The van der Waals surface area contributed by atoms with Gasteiger partial charge in [-0.1, -0.05) is 25.1 Å². The summed E-state index contributed by atoms with van der Waals surface area (Å²) in [4.78, 5) is 27.5. The Morgan fingerprint density at radius 3 is 2.71 bits per heavy atom. The Balaban J connectivity index is 1.83. The molecule has 148 valence electrons. The number of nitrogens with one attached hydrogen (secondary N) is 2. The van der Waals surface area contributed by atoms with Gasteiger partial charge in [0.15, 0.2) is 0 Å². The van der Waals surface area contributed by atoms with Crippen LogP contribution in [0.3, 0.4) is 0 Å². The predicted octanol–water partition coefficient (Wildman–Crippen LogP) is 3.60. The number of hydrogen-bond donors (Lipinski definition) is 2. The van der Waals surface area contributed by atoms with E-state index in [1.807, 2.05) is 11.8 Å². The second kappa shape index (κ2) is 8.97. The van der Waals surface area contributed by atoms with E-state index in [-0.39, 0.29) is 17.5 Å². The van der Waals surface area contributed by atoms with Crippen molar-refractivity contribution < 1.29 is 14.0 Å². The van der Waals surface area contributed by atoms with E-state index in [9.17, 15) is 14.0 Å². The Bertz CT molecular complexity index is 863. The van der Waals surface area contributed by atoms with Gasteiger partial charge >= 0.3 is 0 Å². The van der Waals surface area contributed by atoms with Crippen LogP contribution in [0.2, 0.25) is 0 Å². The first kappa shape index (κ1) is 20.0. The molecular weight excluding hydrogens is 357 g/mol. The summed E-state index contributed by atoms with van der Waals surface area (Å²) in [6.07, 6.45) is 1.82. The molecule has 0 bridgehead atoms. The first-order valence-corrected chi connectivity index (χ1v) is 9.69. The second-order valence-corrected chi connectivity index (χ2v) is 7.11. The Labute approximate surface area is 164 Å². The lowest BCUT2D eigenvalue weighted by Gasteiger charge is -2.28. The van der Waals surface area contributed by atoms with E-state index in [0.29, 0.717) is 17.8 Å². The Morgan fingerprint density at radius 1 is 1.25 bits per heavy atom. The van der Waals surface area contributed by atoms with E-state index in [1.165, 1.54) is 18.2 Å². The van der Waals surface area contributed by atoms with Crippen LogP contribution in [0.15, 0.2) is 42.5 Å². The molecule has 1 unspecified atom stereocenters. The highest BCUT2D eigenvalue weighted by molar-refractivity contribution is 6.05. The molecule has 2 N–H and O–H groups in total. The van der Waals surface area contributed by atoms with Gasteiger partial charge in [0.2, 0.25) is 0 Å². The Hall–Kier alpha value is -2.73. The van der Waals surface area contributed by atoms with Gasteiger partial charge in [0.25, 0.3) is 11.8 Å². The summed E-state index contributed by atoms with van der Waals surface area (Å²) in [6, 6.07) is 11.3. The van der Waals surface area contributed by atoms with Crippen molar-refractivity contribution in [2.75, 3.05) is 25.0 Å². The van der Waals surface area contributed by atoms with Crippen molar-refractivity contribution in [2.24, 2.45) is 0 Å². The van der Waals surface area contributed by atoms with Crippen LogP contribution in [0.1, 0.15) is 46.0 Å². The van der Waals surface area contributed by atoms with E-state index in [1.54, 1.807) is 24.3 Å². The van der Waals surface area contributed by atoms with Crippen molar-refractivity contribution in [3.05, 3.63) is 65.0 Å². The van der Waals surface area contributed by atoms with Crippen LogP contribution in [-0.4, -0.2) is 42.4 Å². The molecule has 0 aliphatic carbocycles. The smallest absolute Gasteiger partial charge is 0.258 e. The number of aryl methyl sites for hydroxylation is 1. The second-order valence-electron chi connectivity index (χ2n) is 7.11. The molecule has 28 heavy (non-hydrogen) atoms. The molecule has 0 aromatic heterocycles. The number of carbonyl (C=O) groups excluding carboxylic acids is 2. The van der Waals surface area contributed by atoms with Crippen LogP contribution in [0.25, 0.3) is 0 Å². The van der Waals surface area contributed by atoms with Crippen molar-refractivity contribution in [1.82, 2.24) is 10.2 Å². The number of amides is 2. The largest absolute Gasteiger partial charge is 0.334 e. The third kappa shape index (κ3) is 4.39. The lowest BCUT2D eigenvalue weighted by atomic mass is 10.1. The number of carbonyl (C=O) groups is 2. The van der Waals surface area contributed by atoms with Crippen molar-refractivity contribution in [3.63, 3.8) is 0 Å². The zero-order chi connectivity index (χ0) is 20.1. The zero-order valence-corrected chi connectivity index (χ0v) is 16.3. The Morgan fingerprint density at radius 2 is 2.04 bits per heavy atom. The van der Waals surface area contributed by atoms with Crippen LogP contribution in [0, 0.1) is 12.7 Å². The molecule has 5 nitrogen and oxygen atoms in total. The fraction of sp³-hybridized carbons (Fsp3) is 0.364. The van der Waals surface area contributed by atoms with Crippen LogP contribution in [0.5, 0.6) is 0 Å². The lowest BCUT2D eigenvalue weighted by Crippen LogP contribution is -2.42. The molecule has 0 radical (unpaired) electrons. The number of nitrogens with zero attached hydrogens (tertiary/aromatic N) is 1. The number of benzene rings is 2. The molecule has 3 rings (SSSR count). The number of rotatable bonds is 6. The first-order chi connectivity index (χ1) is 13.5. The summed E-state index contributed by atoms with van der Waals surface area (Å²) < 4.78 is 13.9. The van der Waals surface area contributed by atoms with Crippen LogP contribution < -0.4 is 10.6 Å². The summed E-state index contributed by atoms with van der Waals surface area (Å²) in [5.74, 6) is -1.15. The minimum atomic E-state index is -0.576. The van der Waals surface area contributed by atoms with Gasteiger partial charge in [0.1, 0.15) is 5.82 Å². The van der Waals surface area contributed by atoms with Crippen molar-refractivity contribution in [2.45, 2.75) is 32.7 Å². The van der Waals surface area contributed by atoms with Crippen molar-refractivity contribution >= 4 is 17.5 Å². The van der Waals surface area contributed by atoms with Gasteiger partial charge in [-0.15, -0.1) is 0 Å². The van der Waals surface area contributed by atoms with E-state index >= 15 is 0 Å². The lowest BCUT2D eigenvalue weighted by molar-refractivity contribution is 0.0692. The molecule has 1 aliphatic heterocycles. The first-order valence-electron chi connectivity index (χ1n) is 9.69. The van der Waals surface area contributed by atoms with E-state index in [0.717, 1.165) is 31.5 Å². The van der Waals surface area contributed by atoms with Gasteiger partial charge in [-0.05, 0) is 56.1 Å². The molecule has 1 heterocycles. The molecule has 0 spiro atoms. The van der Waals surface area contributed by atoms with E-state index in [2.05, 4.69) is 17.6 Å². The third-order valence-electron chi connectivity index (χ3n) is 5.05. The molecule has 1 fully saturated rings. The highest BCUT2D eigenvalue weighted by Crippen LogP contribution is 2.21. The van der Waals surface area contributed by atoms with Gasteiger partial charge in [-0.25, -0.2) is 4.39 Å². The molecule has 6 heteroatoms. The van der Waals surface area contributed by atoms with Crippen molar-refractivity contribution in [3.8, 4) is 0 Å². The number of hydrogen-bond acceptors (Lipinski definition) is 3.